The molecule has 49 heavy (non-hydrogen) atoms. The Hall–Kier alpha value is -5.78. The maximum absolute atomic E-state index is 13.5. The van der Waals surface area contributed by atoms with Gasteiger partial charge in [0.05, 0.1) is 17.9 Å². The van der Waals surface area contributed by atoms with Crippen LogP contribution < -0.4 is 5.32 Å². The van der Waals surface area contributed by atoms with Gasteiger partial charge in [0.15, 0.2) is 0 Å². The van der Waals surface area contributed by atoms with E-state index in [0.717, 1.165) is 16.0 Å². The Morgan fingerprint density at radius 3 is 1.92 bits per heavy atom. The van der Waals surface area contributed by atoms with Crippen LogP contribution in [0.3, 0.4) is 0 Å². The molecule has 0 unspecified atom stereocenters. The SMILES string of the molecule is O=C(OCc1ccccc1)c1cccc(CC(=O)N2C(=O)[C@@H](Cc3ccccc3)[C@H]2C(=O)OCc2ccc(CNC(=O)C(F)(F)F)cc2)c1. The van der Waals surface area contributed by atoms with E-state index in [1.807, 2.05) is 36.4 Å². The molecule has 12 heteroatoms. The van der Waals surface area contributed by atoms with Gasteiger partial charge in [0.25, 0.3) is 0 Å². The van der Waals surface area contributed by atoms with Gasteiger partial charge in [-0.2, -0.15) is 13.2 Å². The number of halogens is 3. The predicted molar refractivity (Wildman–Crippen MR) is 169 cm³/mol. The number of nitrogens with one attached hydrogen (secondary N) is 1. The number of likely N-dealkylation sites (tertiary alicyclic amines) is 1. The summed E-state index contributed by atoms with van der Waals surface area (Å²) in [5.41, 5.74) is 3.16. The summed E-state index contributed by atoms with van der Waals surface area (Å²) < 4.78 is 48.2. The van der Waals surface area contributed by atoms with Gasteiger partial charge in [0.2, 0.25) is 11.8 Å². The molecule has 0 aliphatic carbocycles. The summed E-state index contributed by atoms with van der Waals surface area (Å²) in [6, 6.07) is 29.3. The molecule has 1 N–H and O–H groups in total. The molecular formula is C37H31F3N2O7. The molecular weight excluding hydrogens is 641 g/mol. The van der Waals surface area contributed by atoms with Crippen molar-refractivity contribution < 1.29 is 46.6 Å². The van der Waals surface area contributed by atoms with E-state index in [9.17, 15) is 37.1 Å². The first-order chi connectivity index (χ1) is 23.5. The van der Waals surface area contributed by atoms with E-state index in [0.29, 0.717) is 16.7 Å². The summed E-state index contributed by atoms with van der Waals surface area (Å²) in [4.78, 5) is 64.8. The molecule has 9 nitrogen and oxygen atoms in total. The Balaban J connectivity index is 1.23. The molecule has 252 valence electrons. The van der Waals surface area contributed by atoms with Gasteiger partial charge in [0.1, 0.15) is 19.3 Å². The normalized spacial score (nSPS) is 15.6. The van der Waals surface area contributed by atoms with E-state index in [1.54, 1.807) is 47.8 Å². The fourth-order valence-electron chi connectivity index (χ4n) is 5.31. The van der Waals surface area contributed by atoms with Gasteiger partial charge in [-0.25, -0.2) is 9.59 Å². The molecule has 0 aromatic heterocycles. The number of imide groups is 1. The number of β-lactam (4-membered cyclic amide) rings is 1. The van der Waals surface area contributed by atoms with Crippen molar-refractivity contribution in [2.24, 2.45) is 5.92 Å². The zero-order valence-corrected chi connectivity index (χ0v) is 26.0. The molecule has 0 saturated carbocycles. The molecule has 4 aromatic rings. The summed E-state index contributed by atoms with van der Waals surface area (Å²) in [7, 11) is 0. The average Bonchev–Trinajstić information content (AvgIpc) is 3.10. The number of nitrogens with zero attached hydrogens (tertiary/aromatic N) is 1. The quantitative estimate of drug-likeness (QED) is 0.164. The molecule has 1 saturated heterocycles. The molecule has 5 rings (SSSR count). The van der Waals surface area contributed by atoms with Crippen LogP contribution in [0.2, 0.25) is 0 Å². The summed E-state index contributed by atoms with van der Waals surface area (Å²) in [6.45, 7) is -0.507. The van der Waals surface area contributed by atoms with Crippen LogP contribution in [0.15, 0.2) is 109 Å². The fourth-order valence-corrected chi connectivity index (χ4v) is 5.31. The number of carbonyl (C=O) groups is 5. The molecule has 1 fully saturated rings. The summed E-state index contributed by atoms with van der Waals surface area (Å²) in [6.07, 6.45) is -5.06. The molecule has 0 radical (unpaired) electrons. The molecule has 0 spiro atoms. The zero-order valence-electron chi connectivity index (χ0n) is 26.0. The number of benzene rings is 4. The van der Waals surface area contributed by atoms with Crippen molar-refractivity contribution in [2.75, 3.05) is 0 Å². The molecule has 1 heterocycles. The second-order valence-electron chi connectivity index (χ2n) is 11.4. The third kappa shape index (κ3) is 8.98. The van der Waals surface area contributed by atoms with Crippen molar-refractivity contribution in [1.82, 2.24) is 10.2 Å². The van der Waals surface area contributed by atoms with Crippen molar-refractivity contribution >= 4 is 29.7 Å². The van der Waals surface area contributed by atoms with Gasteiger partial charge < -0.3 is 14.8 Å². The number of alkyl halides is 3. The van der Waals surface area contributed by atoms with Crippen molar-refractivity contribution in [1.29, 1.82) is 0 Å². The number of rotatable bonds is 12. The Morgan fingerprint density at radius 2 is 1.27 bits per heavy atom. The highest BCUT2D eigenvalue weighted by Crippen LogP contribution is 2.32. The van der Waals surface area contributed by atoms with Crippen molar-refractivity contribution in [3.8, 4) is 0 Å². The smallest absolute Gasteiger partial charge is 0.459 e. The minimum Gasteiger partial charge on any atom is -0.459 e. The lowest BCUT2D eigenvalue weighted by Gasteiger charge is -2.44. The number of hydrogen-bond acceptors (Lipinski definition) is 7. The Bertz CT molecular complexity index is 1810. The van der Waals surface area contributed by atoms with Crippen LogP contribution in [-0.4, -0.2) is 46.8 Å². The van der Waals surface area contributed by atoms with E-state index in [-0.39, 0.29) is 38.2 Å². The lowest BCUT2D eigenvalue weighted by atomic mass is 9.81. The van der Waals surface area contributed by atoms with Gasteiger partial charge in [-0.05, 0) is 46.4 Å². The highest BCUT2D eigenvalue weighted by molar-refractivity contribution is 6.08. The Morgan fingerprint density at radius 1 is 0.694 bits per heavy atom. The minimum absolute atomic E-state index is 0.0715. The van der Waals surface area contributed by atoms with Crippen molar-refractivity contribution in [2.45, 2.75) is 44.8 Å². The van der Waals surface area contributed by atoms with Gasteiger partial charge in [-0.15, -0.1) is 0 Å². The van der Waals surface area contributed by atoms with E-state index >= 15 is 0 Å². The fraction of sp³-hybridized carbons (Fsp3) is 0.216. The van der Waals surface area contributed by atoms with Gasteiger partial charge in [0, 0.05) is 6.54 Å². The largest absolute Gasteiger partial charge is 0.471 e. The van der Waals surface area contributed by atoms with Crippen molar-refractivity contribution in [3.05, 3.63) is 143 Å². The number of ether oxygens (including phenoxy) is 2. The molecule has 1 aliphatic rings. The lowest BCUT2D eigenvalue weighted by Crippen LogP contribution is -2.67. The van der Waals surface area contributed by atoms with Crippen LogP contribution in [-0.2, 0) is 61.3 Å². The molecule has 3 amide bonds. The molecule has 1 aliphatic heterocycles. The summed E-state index contributed by atoms with van der Waals surface area (Å²) in [5, 5.41) is 1.78. The van der Waals surface area contributed by atoms with Crippen molar-refractivity contribution in [3.63, 3.8) is 0 Å². The maximum atomic E-state index is 13.5. The van der Waals surface area contributed by atoms with Crippen LogP contribution in [0.5, 0.6) is 0 Å². The number of carbonyl (C=O) groups excluding carboxylic acids is 5. The van der Waals surface area contributed by atoms with Gasteiger partial charge in [-0.3, -0.25) is 19.3 Å². The van der Waals surface area contributed by atoms with E-state index in [4.69, 9.17) is 9.47 Å². The zero-order chi connectivity index (χ0) is 35.0. The van der Waals surface area contributed by atoms with Crippen LogP contribution >= 0.6 is 0 Å². The summed E-state index contributed by atoms with van der Waals surface area (Å²) >= 11 is 0. The third-order valence-electron chi connectivity index (χ3n) is 7.87. The Kier molecular flexibility index (Phi) is 10.9. The molecule has 4 aromatic carbocycles. The highest BCUT2D eigenvalue weighted by atomic mass is 19.4. The van der Waals surface area contributed by atoms with E-state index in [1.165, 1.54) is 30.3 Å². The first-order valence-corrected chi connectivity index (χ1v) is 15.3. The number of hydrogen-bond donors (Lipinski definition) is 1. The average molecular weight is 673 g/mol. The molecule has 2 atom stereocenters. The minimum atomic E-state index is -4.99. The monoisotopic (exact) mass is 672 g/mol. The second-order valence-corrected chi connectivity index (χ2v) is 11.4. The molecule has 0 bridgehead atoms. The number of amides is 3. The van der Waals surface area contributed by atoms with Crippen LogP contribution in [0.25, 0.3) is 0 Å². The van der Waals surface area contributed by atoms with Gasteiger partial charge >= 0.3 is 24.0 Å². The standard InChI is InChI=1S/C37H31F3N2O7/c38-37(39,40)36(47)41-21-25-14-16-27(17-15-25)23-49-35(46)32-30(19-24-8-3-1-4-9-24)33(44)42(32)31(43)20-28-12-7-13-29(18-28)34(45)48-22-26-10-5-2-6-11-26/h1-18,30,32H,19-23H2,(H,41,47)/t30-,32-/m0/s1. The second kappa shape index (κ2) is 15.4. The van der Waals surface area contributed by atoms with Crippen LogP contribution in [0.4, 0.5) is 13.2 Å². The number of esters is 2. The van der Waals surface area contributed by atoms with Crippen LogP contribution in [0, 0.1) is 5.92 Å². The topological polar surface area (TPSA) is 119 Å². The highest BCUT2D eigenvalue weighted by Gasteiger charge is 2.54. The third-order valence-corrected chi connectivity index (χ3v) is 7.87. The first-order valence-electron chi connectivity index (χ1n) is 15.3. The van der Waals surface area contributed by atoms with E-state index < -0.39 is 47.8 Å². The van der Waals surface area contributed by atoms with Crippen LogP contribution in [0.1, 0.15) is 38.2 Å². The Labute approximate surface area is 279 Å². The predicted octanol–water partition coefficient (Wildman–Crippen LogP) is 5.10. The lowest BCUT2D eigenvalue weighted by molar-refractivity contribution is -0.180. The van der Waals surface area contributed by atoms with Gasteiger partial charge in [-0.1, -0.05) is 97.1 Å². The first kappa shape index (κ1) is 34.6. The van der Waals surface area contributed by atoms with E-state index in [2.05, 4.69) is 0 Å². The summed E-state index contributed by atoms with van der Waals surface area (Å²) in [5.74, 6) is -5.46. The maximum Gasteiger partial charge on any atom is 0.471 e.